The summed E-state index contributed by atoms with van der Waals surface area (Å²) in [5.74, 6) is 0. The second-order valence-electron chi connectivity index (χ2n) is 15.8. The number of benzene rings is 10. The molecule has 12 rings (SSSR count). The summed E-state index contributed by atoms with van der Waals surface area (Å²) >= 11 is 0. The van der Waals surface area contributed by atoms with Gasteiger partial charge in [0.1, 0.15) is 0 Å². The number of anilines is 3. The van der Waals surface area contributed by atoms with Gasteiger partial charge in [0.15, 0.2) is 0 Å². The van der Waals surface area contributed by atoms with Crippen molar-refractivity contribution in [1.82, 2.24) is 9.13 Å². The molecule has 61 heavy (non-hydrogen) atoms. The lowest BCUT2D eigenvalue weighted by Crippen LogP contribution is -2.10. The van der Waals surface area contributed by atoms with E-state index in [1.165, 1.54) is 76.6 Å². The molecule has 2 aromatic heterocycles. The predicted molar refractivity (Wildman–Crippen MR) is 258 cm³/mol. The van der Waals surface area contributed by atoms with Crippen molar-refractivity contribution in [3.05, 3.63) is 237 Å². The lowest BCUT2D eigenvalue weighted by Gasteiger charge is -2.26. The zero-order valence-corrected chi connectivity index (χ0v) is 33.4. The summed E-state index contributed by atoms with van der Waals surface area (Å²) in [6.07, 6.45) is 0. The summed E-state index contributed by atoms with van der Waals surface area (Å²) in [5, 5.41) is 7.33. The smallest absolute Gasteiger partial charge is 0.0620 e. The normalized spacial score (nSPS) is 11.6. The molecule has 3 nitrogen and oxygen atoms in total. The fourth-order valence-electron chi connectivity index (χ4n) is 9.44. The highest BCUT2D eigenvalue weighted by molar-refractivity contribution is 6.19. The highest BCUT2D eigenvalue weighted by atomic mass is 15.1. The van der Waals surface area contributed by atoms with Crippen LogP contribution in [0.25, 0.3) is 88.0 Å². The third-order valence-electron chi connectivity index (χ3n) is 12.3. The average Bonchev–Trinajstić information content (AvgIpc) is 3.86. The maximum atomic E-state index is 2.48. The fourth-order valence-corrected chi connectivity index (χ4v) is 9.44. The van der Waals surface area contributed by atoms with Gasteiger partial charge in [-0.25, -0.2) is 0 Å². The van der Waals surface area contributed by atoms with Gasteiger partial charge >= 0.3 is 0 Å². The second-order valence-corrected chi connectivity index (χ2v) is 15.8. The molecule has 0 spiro atoms. The van der Waals surface area contributed by atoms with Gasteiger partial charge in [0.05, 0.1) is 22.1 Å². The molecule has 0 fully saturated rings. The summed E-state index contributed by atoms with van der Waals surface area (Å²) < 4.78 is 4.87. The van der Waals surface area contributed by atoms with Crippen molar-refractivity contribution in [3.8, 4) is 33.6 Å². The third-order valence-corrected chi connectivity index (χ3v) is 12.3. The molecule has 0 aliphatic heterocycles. The topological polar surface area (TPSA) is 13.1 Å². The van der Waals surface area contributed by atoms with E-state index in [0.29, 0.717) is 0 Å². The Morgan fingerprint density at radius 3 is 1.36 bits per heavy atom. The summed E-state index contributed by atoms with van der Waals surface area (Å²) in [5.41, 5.74) is 15.2. The molecule has 0 aliphatic rings. The minimum Gasteiger partial charge on any atom is -0.310 e. The minimum absolute atomic E-state index is 1.10. The van der Waals surface area contributed by atoms with Crippen LogP contribution in [-0.2, 0) is 0 Å². The SMILES string of the molecule is c1ccc(-c2ccc(N(c3ccc(-c4ccccc4)cc3)c3ccc4ccc5c6ccccc6n(-c6ccc7c(c6)c6ccccc6n7-c6ccccc6)c5c4c3)cc2)cc1. The zero-order chi connectivity index (χ0) is 40.3. The van der Waals surface area contributed by atoms with Gasteiger partial charge in [0.25, 0.3) is 0 Å². The molecular weight excluding hydrogens is 739 g/mol. The second kappa shape index (κ2) is 14.3. The number of fused-ring (bicyclic) bond motifs is 8. The Morgan fingerprint density at radius 2 is 0.738 bits per heavy atom. The van der Waals surface area contributed by atoms with Crippen molar-refractivity contribution in [1.29, 1.82) is 0 Å². The quantitative estimate of drug-likeness (QED) is 0.157. The number of hydrogen-bond donors (Lipinski definition) is 0. The Morgan fingerprint density at radius 1 is 0.262 bits per heavy atom. The first-order valence-corrected chi connectivity index (χ1v) is 20.9. The highest BCUT2D eigenvalue weighted by Crippen LogP contribution is 2.43. The van der Waals surface area contributed by atoms with Gasteiger partial charge in [0.2, 0.25) is 0 Å². The van der Waals surface area contributed by atoms with Crippen LogP contribution in [0.5, 0.6) is 0 Å². The largest absolute Gasteiger partial charge is 0.310 e. The summed E-state index contributed by atoms with van der Waals surface area (Å²) in [4.78, 5) is 2.39. The molecule has 286 valence electrons. The molecule has 0 saturated carbocycles. The number of aromatic nitrogens is 2. The Bertz CT molecular complexity index is 3460. The molecule has 2 heterocycles. The lowest BCUT2D eigenvalue weighted by atomic mass is 10.0. The summed E-state index contributed by atoms with van der Waals surface area (Å²) in [6, 6.07) is 85.9. The molecular formula is C58H39N3. The van der Waals surface area contributed by atoms with E-state index in [9.17, 15) is 0 Å². The first kappa shape index (κ1) is 34.9. The Balaban J connectivity index is 1.07. The van der Waals surface area contributed by atoms with E-state index in [1.54, 1.807) is 0 Å². The average molecular weight is 778 g/mol. The number of para-hydroxylation sites is 3. The maximum Gasteiger partial charge on any atom is 0.0620 e. The summed E-state index contributed by atoms with van der Waals surface area (Å²) in [7, 11) is 0. The molecule has 0 radical (unpaired) electrons. The Hall–Kier alpha value is -8.14. The van der Waals surface area contributed by atoms with Crippen LogP contribution in [0, 0.1) is 0 Å². The van der Waals surface area contributed by atoms with Crippen molar-refractivity contribution in [2.75, 3.05) is 4.90 Å². The number of hydrogen-bond acceptors (Lipinski definition) is 1. The molecule has 0 unspecified atom stereocenters. The summed E-state index contributed by atoms with van der Waals surface area (Å²) in [6.45, 7) is 0. The van der Waals surface area contributed by atoms with Crippen LogP contribution in [0.2, 0.25) is 0 Å². The molecule has 0 bridgehead atoms. The van der Waals surface area contributed by atoms with Crippen molar-refractivity contribution in [2.24, 2.45) is 0 Å². The van der Waals surface area contributed by atoms with Crippen molar-refractivity contribution in [3.63, 3.8) is 0 Å². The van der Waals surface area contributed by atoms with Gasteiger partial charge in [0, 0.05) is 55.4 Å². The molecule has 0 atom stereocenters. The van der Waals surface area contributed by atoms with Crippen molar-refractivity contribution >= 4 is 71.4 Å². The van der Waals surface area contributed by atoms with Crippen LogP contribution in [0.15, 0.2) is 237 Å². The van der Waals surface area contributed by atoms with Crippen LogP contribution >= 0.6 is 0 Å². The van der Waals surface area contributed by atoms with E-state index < -0.39 is 0 Å². The molecule has 10 aromatic carbocycles. The van der Waals surface area contributed by atoms with Crippen LogP contribution < -0.4 is 4.90 Å². The molecule has 3 heteroatoms. The molecule has 0 saturated heterocycles. The zero-order valence-electron chi connectivity index (χ0n) is 33.4. The standard InChI is InChI=1S/C58H39N3/c1-4-14-40(15-5-1)42-24-30-46(31-25-42)59(47-32-26-43(27-33-47)41-16-6-2-7-17-41)48-34-28-44-29-36-52-50-20-10-13-23-56(50)61(58(52)53(44)38-48)49-35-37-57-54(39-49)51-21-11-12-22-55(51)60(57)45-18-8-3-9-19-45/h1-39H. The van der Waals surface area contributed by atoms with Crippen LogP contribution in [0.1, 0.15) is 0 Å². The number of nitrogens with zero attached hydrogens (tertiary/aromatic N) is 3. The van der Waals surface area contributed by atoms with Gasteiger partial charge in [-0.1, -0.05) is 158 Å². The van der Waals surface area contributed by atoms with Crippen LogP contribution in [-0.4, -0.2) is 9.13 Å². The third kappa shape index (κ3) is 5.82. The highest BCUT2D eigenvalue weighted by Gasteiger charge is 2.20. The maximum absolute atomic E-state index is 2.48. The molecule has 0 amide bonds. The van der Waals surface area contributed by atoms with Crippen LogP contribution in [0.4, 0.5) is 17.1 Å². The van der Waals surface area contributed by atoms with E-state index in [1.807, 2.05) is 0 Å². The van der Waals surface area contributed by atoms with Gasteiger partial charge in [-0.2, -0.15) is 0 Å². The number of rotatable bonds is 7. The monoisotopic (exact) mass is 777 g/mol. The van der Waals surface area contributed by atoms with Gasteiger partial charge < -0.3 is 14.0 Å². The Kier molecular flexibility index (Phi) is 8.17. The molecule has 12 aromatic rings. The van der Waals surface area contributed by atoms with Gasteiger partial charge in [-0.15, -0.1) is 0 Å². The van der Waals surface area contributed by atoms with E-state index in [4.69, 9.17) is 0 Å². The molecule has 0 aliphatic carbocycles. The van der Waals surface area contributed by atoms with E-state index >= 15 is 0 Å². The minimum atomic E-state index is 1.10. The first-order valence-electron chi connectivity index (χ1n) is 20.9. The van der Waals surface area contributed by atoms with E-state index in [0.717, 1.165) is 28.4 Å². The van der Waals surface area contributed by atoms with Crippen LogP contribution in [0.3, 0.4) is 0 Å². The Labute approximate surface area is 354 Å². The fraction of sp³-hybridized carbons (Fsp3) is 0. The molecule has 0 N–H and O–H groups in total. The van der Waals surface area contributed by atoms with Gasteiger partial charge in [-0.05, 0) is 107 Å². The van der Waals surface area contributed by atoms with E-state index in [-0.39, 0.29) is 0 Å². The van der Waals surface area contributed by atoms with Gasteiger partial charge in [-0.3, -0.25) is 0 Å². The predicted octanol–water partition coefficient (Wildman–Crippen LogP) is 15.8. The van der Waals surface area contributed by atoms with Crippen molar-refractivity contribution < 1.29 is 0 Å². The lowest BCUT2D eigenvalue weighted by molar-refractivity contribution is 1.17. The van der Waals surface area contributed by atoms with E-state index in [2.05, 4.69) is 251 Å². The first-order chi connectivity index (χ1) is 30.3. The van der Waals surface area contributed by atoms with Crippen molar-refractivity contribution in [2.45, 2.75) is 0 Å².